The maximum atomic E-state index is 13.9. The molecule has 1 aliphatic carbocycles. The van der Waals surface area contributed by atoms with E-state index < -0.39 is 5.41 Å². The molecule has 0 unspecified atom stereocenters. The van der Waals surface area contributed by atoms with Crippen LogP contribution in [-0.4, -0.2) is 20.8 Å². The second-order valence-corrected chi connectivity index (χ2v) is 7.97. The van der Waals surface area contributed by atoms with E-state index in [1.165, 1.54) is 12.1 Å². The van der Waals surface area contributed by atoms with Gasteiger partial charge in [0.2, 0.25) is 5.91 Å². The average molecular weight is 399 g/mol. The van der Waals surface area contributed by atoms with Gasteiger partial charge >= 0.3 is 0 Å². The molecule has 1 aliphatic rings. The molecule has 0 radical (unpaired) electrons. The maximum Gasteiger partial charge on any atom is 0.233 e. The zero-order valence-electron chi connectivity index (χ0n) is 16.5. The molecule has 0 bridgehead atoms. The zero-order valence-corrected chi connectivity index (χ0v) is 16.5. The number of H-pyrrole nitrogens is 1. The Kier molecular flexibility index (Phi) is 4.58. The molecule has 150 valence electrons. The Bertz CT molecular complexity index is 1180. The molecule has 0 aliphatic heterocycles. The topological polar surface area (TPSA) is 49.0 Å². The number of halogens is 1. The molecule has 0 spiro atoms. The van der Waals surface area contributed by atoms with E-state index in [1.54, 1.807) is 18.5 Å². The first-order valence-corrected chi connectivity index (χ1v) is 10.1. The van der Waals surface area contributed by atoms with E-state index in [0.717, 1.165) is 40.4 Å². The van der Waals surface area contributed by atoms with Crippen molar-refractivity contribution in [2.75, 3.05) is 0 Å². The lowest BCUT2D eigenvalue weighted by atomic mass is 9.94. The van der Waals surface area contributed by atoms with Gasteiger partial charge in [-0.25, -0.2) is 4.39 Å². The van der Waals surface area contributed by atoms with E-state index in [1.807, 2.05) is 53.6 Å². The van der Waals surface area contributed by atoms with Crippen molar-refractivity contribution in [1.29, 1.82) is 0 Å². The van der Waals surface area contributed by atoms with Crippen LogP contribution in [0.5, 0.6) is 0 Å². The summed E-state index contributed by atoms with van der Waals surface area (Å²) in [6, 6.07) is 18.6. The number of hydrogen-bond donors (Lipinski definition) is 1. The van der Waals surface area contributed by atoms with Crippen molar-refractivity contribution in [3.63, 3.8) is 0 Å². The fourth-order valence-corrected chi connectivity index (χ4v) is 4.21. The van der Waals surface area contributed by atoms with Crippen LogP contribution < -0.4 is 0 Å². The van der Waals surface area contributed by atoms with Gasteiger partial charge in [-0.15, -0.1) is 0 Å². The molecule has 1 amide bonds. The molecular weight excluding hydrogens is 377 g/mol. The maximum absolute atomic E-state index is 13.9. The fraction of sp³-hybridized carbons (Fsp3) is 0.200. The fourth-order valence-electron chi connectivity index (χ4n) is 4.21. The SMILES string of the molecule is O=C(N(Cc1cccnc1)Cc1c[nH]c2ccc(F)cc12)C1(c2ccccc2)CC1. The van der Waals surface area contributed by atoms with E-state index in [9.17, 15) is 9.18 Å². The van der Waals surface area contributed by atoms with Crippen LogP contribution in [0.1, 0.15) is 29.5 Å². The number of nitrogens with one attached hydrogen (secondary N) is 1. The van der Waals surface area contributed by atoms with E-state index >= 15 is 0 Å². The van der Waals surface area contributed by atoms with Crippen molar-refractivity contribution in [1.82, 2.24) is 14.9 Å². The summed E-state index contributed by atoms with van der Waals surface area (Å²) in [5.41, 5.74) is 3.35. The molecule has 2 aromatic carbocycles. The van der Waals surface area contributed by atoms with E-state index in [4.69, 9.17) is 0 Å². The van der Waals surface area contributed by atoms with Crippen LogP contribution in [0.3, 0.4) is 0 Å². The number of nitrogens with zero attached hydrogens (tertiary/aromatic N) is 2. The quantitative estimate of drug-likeness (QED) is 0.498. The van der Waals surface area contributed by atoms with Gasteiger partial charge in [-0.1, -0.05) is 36.4 Å². The highest BCUT2D eigenvalue weighted by Crippen LogP contribution is 2.50. The summed E-state index contributed by atoms with van der Waals surface area (Å²) in [5.74, 6) is -0.167. The third-order valence-corrected chi connectivity index (χ3v) is 5.96. The standard InChI is InChI=1S/C25H22FN3O/c26-21-8-9-23-22(13-21)19(15-28-23)17-29(16-18-5-4-12-27-14-18)24(30)25(10-11-25)20-6-2-1-3-7-20/h1-9,12-15,28H,10-11,16-17H2. The van der Waals surface area contributed by atoms with Gasteiger partial charge < -0.3 is 9.88 Å². The third-order valence-electron chi connectivity index (χ3n) is 5.96. The predicted molar refractivity (Wildman–Crippen MR) is 114 cm³/mol. The minimum absolute atomic E-state index is 0.114. The number of benzene rings is 2. The molecule has 0 atom stereocenters. The number of aromatic nitrogens is 2. The van der Waals surface area contributed by atoms with Gasteiger partial charge in [0.25, 0.3) is 0 Å². The minimum Gasteiger partial charge on any atom is -0.361 e. The molecule has 2 aromatic heterocycles. The molecule has 1 fully saturated rings. The van der Waals surface area contributed by atoms with Crippen molar-refractivity contribution in [2.24, 2.45) is 0 Å². The second kappa shape index (κ2) is 7.41. The monoisotopic (exact) mass is 399 g/mol. The predicted octanol–water partition coefficient (Wildman–Crippen LogP) is 4.96. The summed E-state index contributed by atoms with van der Waals surface area (Å²) >= 11 is 0. The van der Waals surface area contributed by atoms with Crippen molar-refractivity contribution in [2.45, 2.75) is 31.3 Å². The molecule has 4 aromatic rings. The first kappa shape index (κ1) is 18.6. The van der Waals surface area contributed by atoms with Gasteiger partial charge in [0, 0.05) is 42.6 Å². The number of hydrogen-bond acceptors (Lipinski definition) is 2. The van der Waals surface area contributed by atoms with Gasteiger partial charge in [0.15, 0.2) is 0 Å². The first-order chi connectivity index (χ1) is 14.7. The minimum atomic E-state index is -0.458. The van der Waals surface area contributed by atoms with Gasteiger partial charge in [0.1, 0.15) is 5.82 Å². The number of rotatable bonds is 6. The van der Waals surface area contributed by atoms with E-state index in [-0.39, 0.29) is 11.7 Å². The van der Waals surface area contributed by atoms with Gasteiger partial charge in [-0.05, 0) is 53.8 Å². The van der Waals surface area contributed by atoms with Crippen LogP contribution >= 0.6 is 0 Å². The smallest absolute Gasteiger partial charge is 0.233 e. The molecule has 1 N–H and O–H groups in total. The Morgan fingerprint density at radius 3 is 2.63 bits per heavy atom. The van der Waals surface area contributed by atoms with Crippen LogP contribution in [0, 0.1) is 5.82 Å². The van der Waals surface area contributed by atoms with Gasteiger partial charge in [-0.2, -0.15) is 0 Å². The lowest BCUT2D eigenvalue weighted by Crippen LogP contribution is -2.38. The summed E-state index contributed by atoms with van der Waals surface area (Å²) in [5, 5.41) is 0.809. The van der Waals surface area contributed by atoms with Crippen LogP contribution in [0.15, 0.2) is 79.3 Å². The molecule has 2 heterocycles. The Labute approximate surface area is 174 Å². The number of pyridine rings is 1. The summed E-state index contributed by atoms with van der Waals surface area (Å²) < 4.78 is 13.9. The first-order valence-electron chi connectivity index (χ1n) is 10.1. The number of carbonyl (C=O) groups excluding carboxylic acids is 1. The number of fused-ring (bicyclic) bond motifs is 1. The number of amides is 1. The Morgan fingerprint density at radius 1 is 1.07 bits per heavy atom. The molecule has 30 heavy (non-hydrogen) atoms. The summed E-state index contributed by atoms with van der Waals surface area (Å²) in [6.07, 6.45) is 7.08. The molecule has 4 nitrogen and oxygen atoms in total. The van der Waals surface area contributed by atoms with Gasteiger partial charge in [0.05, 0.1) is 5.41 Å². The van der Waals surface area contributed by atoms with E-state index in [2.05, 4.69) is 9.97 Å². The molecule has 5 rings (SSSR count). The largest absolute Gasteiger partial charge is 0.361 e. The Morgan fingerprint density at radius 2 is 1.90 bits per heavy atom. The van der Waals surface area contributed by atoms with Crippen LogP contribution in [-0.2, 0) is 23.3 Å². The van der Waals surface area contributed by atoms with Crippen LogP contribution in [0.2, 0.25) is 0 Å². The van der Waals surface area contributed by atoms with Crippen molar-refractivity contribution >= 4 is 16.8 Å². The molecular formula is C25H22FN3O. The van der Waals surface area contributed by atoms with Crippen molar-refractivity contribution in [3.05, 3.63) is 102 Å². The highest BCUT2D eigenvalue weighted by Gasteiger charge is 2.52. The molecule has 1 saturated carbocycles. The lowest BCUT2D eigenvalue weighted by molar-refractivity contribution is -0.135. The third kappa shape index (κ3) is 3.36. The number of carbonyl (C=O) groups is 1. The van der Waals surface area contributed by atoms with Crippen LogP contribution in [0.25, 0.3) is 10.9 Å². The Hall–Kier alpha value is -3.47. The summed E-state index contributed by atoms with van der Waals surface area (Å²) in [7, 11) is 0. The Balaban J connectivity index is 1.50. The number of aromatic amines is 1. The normalized spacial score (nSPS) is 14.6. The zero-order chi connectivity index (χ0) is 20.6. The average Bonchev–Trinajstić information content (AvgIpc) is 3.51. The molecule has 0 saturated heterocycles. The summed E-state index contributed by atoms with van der Waals surface area (Å²) in [6.45, 7) is 0.870. The second-order valence-electron chi connectivity index (χ2n) is 7.97. The van der Waals surface area contributed by atoms with Crippen molar-refractivity contribution in [3.8, 4) is 0 Å². The summed E-state index contributed by atoms with van der Waals surface area (Å²) in [4.78, 5) is 23.1. The highest BCUT2D eigenvalue weighted by molar-refractivity contribution is 5.92. The van der Waals surface area contributed by atoms with Crippen LogP contribution in [0.4, 0.5) is 4.39 Å². The lowest BCUT2D eigenvalue weighted by Gasteiger charge is -2.28. The van der Waals surface area contributed by atoms with Gasteiger partial charge in [-0.3, -0.25) is 9.78 Å². The van der Waals surface area contributed by atoms with Crippen molar-refractivity contribution < 1.29 is 9.18 Å². The highest BCUT2D eigenvalue weighted by atomic mass is 19.1. The van der Waals surface area contributed by atoms with E-state index in [0.29, 0.717) is 13.1 Å². The molecule has 5 heteroatoms.